The number of rotatable bonds is 5. The summed E-state index contributed by atoms with van der Waals surface area (Å²) in [5, 5.41) is 0. The minimum atomic E-state index is -3.68. The topological polar surface area (TPSA) is 75.7 Å². The lowest BCUT2D eigenvalue weighted by molar-refractivity contribution is -0.137. The molecule has 1 aromatic carbocycles. The van der Waals surface area contributed by atoms with Crippen molar-refractivity contribution in [3.05, 3.63) is 23.3 Å². The van der Waals surface area contributed by atoms with Crippen LogP contribution in [-0.4, -0.2) is 45.5 Å². The first kappa shape index (κ1) is 21.1. The number of methoxy groups -OCH3 is 1. The predicted octanol–water partition coefficient (Wildman–Crippen LogP) is 3.16. The van der Waals surface area contributed by atoms with Gasteiger partial charge in [0.05, 0.1) is 7.11 Å². The number of carbonyl (C=O) groups excluding carboxylic acids is 1. The van der Waals surface area contributed by atoms with Crippen molar-refractivity contribution in [1.29, 1.82) is 0 Å². The number of amides is 1. The molecule has 3 rings (SSSR count). The largest absolute Gasteiger partial charge is 0.495 e. The Balaban J connectivity index is 1.62. The lowest BCUT2D eigenvalue weighted by atomic mass is 9.87. The number of ether oxygens (including phenoxy) is 1. The summed E-state index contributed by atoms with van der Waals surface area (Å²) < 4.78 is 34.0. The molecule has 7 heteroatoms. The average molecular weight is 409 g/mol. The monoisotopic (exact) mass is 408 g/mol. The molecule has 1 saturated heterocycles. The van der Waals surface area contributed by atoms with Gasteiger partial charge in [-0.05, 0) is 62.8 Å². The fourth-order valence-electron chi connectivity index (χ4n) is 4.24. The highest BCUT2D eigenvalue weighted by Crippen LogP contribution is 2.29. The van der Waals surface area contributed by atoms with E-state index in [1.54, 1.807) is 12.1 Å². The second kappa shape index (κ2) is 8.82. The van der Waals surface area contributed by atoms with Crippen molar-refractivity contribution >= 4 is 15.9 Å². The van der Waals surface area contributed by atoms with E-state index in [0.29, 0.717) is 31.7 Å². The zero-order valence-electron chi connectivity index (χ0n) is 17.2. The smallest absolute Gasteiger partial charge is 0.244 e. The maximum Gasteiger partial charge on any atom is 0.244 e. The lowest BCUT2D eigenvalue weighted by Crippen LogP contribution is -2.48. The summed E-state index contributed by atoms with van der Waals surface area (Å²) in [6, 6.07) is 3.26. The molecule has 0 spiro atoms. The van der Waals surface area contributed by atoms with E-state index in [9.17, 15) is 13.2 Å². The molecule has 1 aliphatic heterocycles. The summed E-state index contributed by atoms with van der Waals surface area (Å²) in [4.78, 5) is 14.8. The van der Waals surface area contributed by atoms with Crippen LogP contribution in [0.4, 0.5) is 0 Å². The van der Waals surface area contributed by atoms with Crippen LogP contribution < -0.4 is 9.46 Å². The Bertz CT molecular complexity index is 808. The number of likely N-dealkylation sites (tertiary alicyclic amines) is 1. The number of carbonyl (C=O) groups is 1. The van der Waals surface area contributed by atoms with Crippen molar-refractivity contribution < 1.29 is 17.9 Å². The van der Waals surface area contributed by atoms with Crippen molar-refractivity contribution in [2.24, 2.45) is 5.92 Å². The van der Waals surface area contributed by atoms with Gasteiger partial charge in [0.2, 0.25) is 15.9 Å². The van der Waals surface area contributed by atoms with E-state index in [4.69, 9.17) is 4.74 Å². The van der Waals surface area contributed by atoms with Gasteiger partial charge in [0.25, 0.3) is 0 Å². The summed E-state index contributed by atoms with van der Waals surface area (Å²) in [7, 11) is -2.19. The summed E-state index contributed by atoms with van der Waals surface area (Å²) in [6.45, 7) is 5.06. The molecule has 156 valence electrons. The van der Waals surface area contributed by atoms with Crippen LogP contribution in [0.15, 0.2) is 17.0 Å². The summed E-state index contributed by atoms with van der Waals surface area (Å²) >= 11 is 0. The molecule has 0 atom stereocenters. The van der Waals surface area contributed by atoms with E-state index in [1.807, 2.05) is 18.7 Å². The SMILES string of the molecule is COc1cc(C)c(C)cc1S(=O)(=O)NC1CCN(C(=O)C2CCCCC2)CC1. The standard InChI is InChI=1S/C21H32N2O4S/c1-15-13-19(27-3)20(14-16(15)2)28(25,26)22-18-9-11-23(12-10-18)21(24)17-7-5-4-6-8-17/h13-14,17-18,22H,4-12H2,1-3H3. The highest BCUT2D eigenvalue weighted by Gasteiger charge is 2.31. The van der Waals surface area contributed by atoms with E-state index in [0.717, 1.165) is 36.8 Å². The highest BCUT2D eigenvalue weighted by atomic mass is 32.2. The molecule has 1 amide bonds. The maximum atomic E-state index is 12.9. The zero-order chi connectivity index (χ0) is 20.3. The van der Waals surface area contributed by atoms with Gasteiger partial charge in [-0.3, -0.25) is 4.79 Å². The van der Waals surface area contributed by atoms with Crippen LogP contribution in [0.5, 0.6) is 5.75 Å². The Hall–Kier alpha value is -1.60. The highest BCUT2D eigenvalue weighted by molar-refractivity contribution is 7.89. The minimum Gasteiger partial charge on any atom is -0.495 e. The van der Waals surface area contributed by atoms with Crippen LogP contribution in [0.3, 0.4) is 0 Å². The quantitative estimate of drug-likeness (QED) is 0.812. The molecule has 2 fully saturated rings. The van der Waals surface area contributed by atoms with Gasteiger partial charge in [-0.1, -0.05) is 19.3 Å². The molecular formula is C21H32N2O4S. The molecule has 1 aliphatic carbocycles. The van der Waals surface area contributed by atoms with Gasteiger partial charge in [0.15, 0.2) is 0 Å². The third-order valence-corrected chi connectivity index (χ3v) is 7.69. The Morgan fingerprint density at radius 3 is 2.25 bits per heavy atom. The second-order valence-corrected chi connectivity index (χ2v) is 9.83. The van der Waals surface area contributed by atoms with E-state index in [-0.39, 0.29) is 22.8 Å². The van der Waals surface area contributed by atoms with Crippen molar-refractivity contribution in [1.82, 2.24) is 9.62 Å². The average Bonchev–Trinajstić information content (AvgIpc) is 2.70. The molecular weight excluding hydrogens is 376 g/mol. The van der Waals surface area contributed by atoms with Crippen molar-refractivity contribution in [3.63, 3.8) is 0 Å². The number of nitrogens with one attached hydrogen (secondary N) is 1. The maximum absolute atomic E-state index is 12.9. The zero-order valence-corrected chi connectivity index (χ0v) is 18.0. The van der Waals surface area contributed by atoms with Crippen molar-refractivity contribution in [2.75, 3.05) is 20.2 Å². The number of aryl methyl sites for hydroxylation is 2. The fourth-order valence-corrected chi connectivity index (χ4v) is 5.78. The third kappa shape index (κ3) is 4.69. The van der Waals surface area contributed by atoms with Gasteiger partial charge >= 0.3 is 0 Å². The van der Waals surface area contributed by atoms with Gasteiger partial charge in [0, 0.05) is 25.0 Å². The number of benzene rings is 1. The fraction of sp³-hybridized carbons (Fsp3) is 0.667. The Labute approximate surface area is 168 Å². The van der Waals surface area contributed by atoms with E-state index in [1.165, 1.54) is 13.5 Å². The summed E-state index contributed by atoms with van der Waals surface area (Å²) in [5.41, 5.74) is 1.90. The molecule has 1 aromatic rings. The first-order valence-corrected chi connectivity index (χ1v) is 11.8. The number of piperidine rings is 1. The number of sulfonamides is 1. The van der Waals surface area contributed by atoms with Crippen molar-refractivity contribution in [3.8, 4) is 5.75 Å². The first-order valence-electron chi connectivity index (χ1n) is 10.3. The normalized spacial score (nSPS) is 19.6. The van der Waals surface area contributed by atoms with Gasteiger partial charge in [-0.2, -0.15) is 0 Å². The van der Waals surface area contributed by atoms with Crippen LogP contribution >= 0.6 is 0 Å². The van der Waals surface area contributed by atoms with Gasteiger partial charge in [-0.25, -0.2) is 13.1 Å². The van der Waals surface area contributed by atoms with Crippen LogP contribution in [-0.2, 0) is 14.8 Å². The predicted molar refractivity (Wildman–Crippen MR) is 109 cm³/mol. The van der Waals surface area contributed by atoms with Crippen LogP contribution in [0, 0.1) is 19.8 Å². The molecule has 2 aliphatic rings. The molecule has 1 heterocycles. The van der Waals surface area contributed by atoms with E-state index >= 15 is 0 Å². The van der Waals surface area contributed by atoms with Gasteiger partial charge in [0.1, 0.15) is 10.6 Å². The van der Waals surface area contributed by atoms with Crippen LogP contribution in [0.1, 0.15) is 56.1 Å². The molecule has 0 aromatic heterocycles. The second-order valence-electron chi connectivity index (χ2n) is 8.14. The molecule has 0 unspecified atom stereocenters. The Morgan fingerprint density at radius 2 is 1.64 bits per heavy atom. The van der Waals surface area contributed by atoms with E-state index in [2.05, 4.69) is 4.72 Å². The van der Waals surface area contributed by atoms with Gasteiger partial charge in [-0.15, -0.1) is 0 Å². The number of hydrogen-bond donors (Lipinski definition) is 1. The van der Waals surface area contributed by atoms with Crippen LogP contribution in [0.2, 0.25) is 0 Å². The molecule has 1 N–H and O–H groups in total. The molecule has 0 bridgehead atoms. The Morgan fingerprint density at radius 1 is 1.04 bits per heavy atom. The van der Waals surface area contributed by atoms with Gasteiger partial charge < -0.3 is 9.64 Å². The Kier molecular flexibility index (Phi) is 6.65. The lowest BCUT2D eigenvalue weighted by Gasteiger charge is -2.35. The molecule has 0 radical (unpaired) electrons. The molecule has 1 saturated carbocycles. The molecule has 6 nitrogen and oxygen atoms in total. The van der Waals surface area contributed by atoms with E-state index < -0.39 is 10.0 Å². The summed E-state index contributed by atoms with van der Waals surface area (Å²) in [6.07, 6.45) is 6.80. The number of hydrogen-bond acceptors (Lipinski definition) is 4. The minimum absolute atomic E-state index is 0.160. The van der Waals surface area contributed by atoms with Crippen molar-refractivity contribution in [2.45, 2.75) is 69.7 Å². The first-order chi connectivity index (χ1) is 13.3. The summed E-state index contributed by atoms with van der Waals surface area (Å²) in [5.74, 6) is 0.791. The number of nitrogens with zero attached hydrogens (tertiary/aromatic N) is 1. The molecule has 28 heavy (non-hydrogen) atoms. The van der Waals surface area contributed by atoms with Crippen LogP contribution in [0.25, 0.3) is 0 Å². The third-order valence-electron chi connectivity index (χ3n) is 6.15.